The Kier molecular flexibility index (Phi) is 2.81. The summed E-state index contributed by atoms with van der Waals surface area (Å²) in [6.07, 6.45) is 1.77. The number of hydrogen-bond acceptors (Lipinski definition) is 2. The van der Waals surface area contributed by atoms with Crippen LogP contribution in [0.2, 0.25) is 0 Å². The Bertz CT molecular complexity index is 352. The fraction of sp³-hybridized carbons (Fsp3) is 0.417. The molecule has 0 aliphatic carbocycles. The molecule has 0 unspecified atom stereocenters. The van der Waals surface area contributed by atoms with Crippen LogP contribution in [-0.2, 0) is 13.0 Å². The molecule has 0 radical (unpaired) electrons. The lowest BCUT2D eigenvalue weighted by Crippen LogP contribution is -2.31. The first kappa shape index (κ1) is 9.23. The van der Waals surface area contributed by atoms with E-state index in [0.29, 0.717) is 6.42 Å². The Balaban J connectivity index is 2.03. The SMILES string of the molecule is N#CCCN1CCc2ccccc2C1. The van der Waals surface area contributed by atoms with Gasteiger partial charge in [-0.15, -0.1) is 0 Å². The van der Waals surface area contributed by atoms with Gasteiger partial charge in [0, 0.05) is 26.1 Å². The van der Waals surface area contributed by atoms with Gasteiger partial charge in [-0.05, 0) is 17.5 Å². The molecule has 72 valence electrons. The minimum absolute atomic E-state index is 0.641. The number of fused-ring (bicyclic) bond motifs is 1. The molecule has 2 rings (SSSR count). The molecule has 2 heteroatoms. The van der Waals surface area contributed by atoms with Crippen molar-refractivity contribution in [2.75, 3.05) is 13.1 Å². The number of nitrogens with zero attached hydrogens (tertiary/aromatic N) is 2. The van der Waals surface area contributed by atoms with Crippen molar-refractivity contribution in [3.63, 3.8) is 0 Å². The van der Waals surface area contributed by atoms with Gasteiger partial charge >= 0.3 is 0 Å². The molecule has 0 atom stereocenters. The summed E-state index contributed by atoms with van der Waals surface area (Å²) in [5.74, 6) is 0. The first-order valence-corrected chi connectivity index (χ1v) is 5.06. The molecule has 2 nitrogen and oxygen atoms in total. The average Bonchev–Trinajstić information content (AvgIpc) is 2.26. The van der Waals surface area contributed by atoms with Crippen LogP contribution >= 0.6 is 0 Å². The van der Waals surface area contributed by atoms with Gasteiger partial charge in [-0.3, -0.25) is 4.90 Å². The molecule has 0 amide bonds. The van der Waals surface area contributed by atoms with E-state index in [1.54, 1.807) is 0 Å². The van der Waals surface area contributed by atoms with Crippen LogP contribution < -0.4 is 0 Å². The van der Waals surface area contributed by atoms with Crippen molar-refractivity contribution in [3.8, 4) is 6.07 Å². The lowest BCUT2D eigenvalue weighted by Gasteiger charge is -2.27. The highest BCUT2D eigenvalue weighted by molar-refractivity contribution is 5.28. The van der Waals surface area contributed by atoms with Crippen LogP contribution in [0.1, 0.15) is 17.5 Å². The average molecular weight is 186 g/mol. The van der Waals surface area contributed by atoms with Gasteiger partial charge in [0.2, 0.25) is 0 Å². The maximum Gasteiger partial charge on any atom is 0.0635 e. The topological polar surface area (TPSA) is 27.0 Å². The van der Waals surface area contributed by atoms with Gasteiger partial charge in [0.1, 0.15) is 0 Å². The number of hydrogen-bond donors (Lipinski definition) is 0. The van der Waals surface area contributed by atoms with Crippen molar-refractivity contribution in [1.29, 1.82) is 5.26 Å². The van der Waals surface area contributed by atoms with Crippen LogP contribution in [0.25, 0.3) is 0 Å². The molecule has 1 aliphatic rings. The predicted octanol–water partition coefficient (Wildman–Crippen LogP) is 1.96. The molecule has 0 fully saturated rings. The third-order valence-corrected chi connectivity index (χ3v) is 2.75. The third kappa shape index (κ3) is 1.94. The molecule has 0 aromatic heterocycles. The molecule has 0 spiro atoms. The van der Waals surface area contributed by atoms with Gasteiger partial charge in [0.15, 0.2) is 0 Å². The molecule has 0 saturated heterocycles. The molecule has 1 heterocycles. The summed E-state index contributed by atoms with van der Waals surface area (Å²) in [4.78, 5) is 2.35. The molecule has 0 saturated carbocycles. The molecule has 0 bridgehead atoms. The van der Waals surface area contributed by atoms with Gasteiger partial charge in [0.25, 0.3) is 0 Å². The van der Waals surface area contributed by atoms with E-state index >= 15 is 0 Å². The van der Waals surface area contributed by atoms with E-state index in [0.717, 1.165) is 26.1 Å². The van der Waals surface area contributed by atoms with Crippen molar-refractivity contribution in [1.82, 2.24) is 4.90 Å². The van der Waals surface area contributed by atoms with Crippen molar-refractivity contribution >= 4 is 0 Å². The molecule has 14 heavy (non-hydrogen) atoms. The number of nitriles is 1. The fourth-order valence-corrected chi connectivity index (χ4v) is 1.95. The van der Waals surface area contributed by atoms with Gasteiger partial charge in [-0.25, -0.2) is 0 Å². The lowest BCUT2D eigenvalue weighted by atomic mass is 10.00. The highest BCUT2D eigenvalue weighted by Crippen LogP contribution is 2.18. The molecular weight excluding hydrogens is 172 g/mol. The second-order valence-electron chi connectivity index (χ2n) is 3.70. The van der Waals surface area contributed by atoms with E-state index in [-0.39, 0.29) is 0 Å². The highest BCUT2D eigenvalue weighted by atomic mass is 15.1. The zero-order valence-electron chi connectivity index (χ0n) is 8.24. The van der Waals surface area contributed by atoms with Crippen LogP contribution in [0.4, 0.5) is 0 Å². The maximum absolute atomic E-state index is 8.52. The van der Waals surface area contributed by atoms with Gasteiger partial charge in [-0.2, -0.15) is 5.26 Å². The van der Waals surface area contributed by atoms with Crippen molar-refractivity contribution in [3.05, 3.63) is 35.4 Å². The van der Waals surface area contributed by atoms with E-state index in [1.807, 2.05) is 0 Å². The Morgan fingerprint density at radius 2 is 2.07 bits per heavy atom. The summed E-state index contributed by atoms with van der Waals surface area (Å²) in [6, 6.07) is 10.8. The van der Waals surface area contributed by atoms with E-state index in [2.05, 4.69) is 35.2 Å². The molecule has 1 aliphatic heterocycles. The second-order valence-corrected chi connectivity index (χ2v) is 3.70. The standard InChI is InChI=1S/C12H14N2/c13-7-3-8-14-9-6-11-4-1-2-5-12(11)10-14/h1-2,4-5H,3,6,8-10H2. The minimum Gasteiger partial charge on any atom is -0.298 e. The van der Waals surface area contributed by atoms with Crippen molar-refractivity contribution in [2.24, 2.45) is 0 Å². The Labute approximate surface area is 84.8 Å². The maximum atomic E-state index is 8.52. The summed E-state index contributed by atoms with van der Waals surface area (Å²) in [5.41, 5.74) is 2.90. The van der Waals surface area contributed by atoms with E-state index in [9.17, 15) is 0 Å². The lowest BCUT2D eigenvalue weighted by molar-refractivity contribution is 0.260. The zero-order valence-corrected chi connectivity index (χ0v) is 8.24. The summed E-state index contributed by atoms with van der Waals surface area (Å²) < 4.78 is 0. The second kappa shape index (κ2) is 4.26. The van der Waals surface area contributed by atoms with Crippen molar-refractivity contribution in [2.45, 2.75) is 19.4 Å². The smallest absolute Gasteiger partial charge is 0.0635 e. The monoisotopic (exact) mass is 186 g/mol. The predicted molar refractivity (Wildman–Crippen MR) is 55.7 cm³/mol. The number of rotatable bonds is 2. The van der Waals surface area contributed by atoms with Crippen LogP contribution in [0.3, 0.4) is 0 Å². The Hall–Kier alpha value is -1.33. The third-order valence-electron chi connectivity index (χ3n) is 2.75. The molecular formula is C12H14N2. The van der Waals surface area contributed by atoms with Gasteiger partial charge in [0.05, 0.1) is 6.07 Å². The quantitative estimate of drug-likeness (QED) is 0.706. The summed E-state index contributed by atoms with van der Waals surface area (Å²) in [7, 11) is 0. The van der Waals surface area contributed by atoms with E-state index < -0.39 is 0 Å². The summed E-state index contributed by atoms with van der Waals surface area (Å²) >= 11 is 0. The van der Waals surface area contributed by atoms with Crippen molar-refractivity contribution < 1.29 is 0 Å². The highest BCUT2D eigenvalue weighted by Gasteiger charge is 2.14. The van der Waals surface area contributed by atoms with Crippen LogP contribution in [0.5, 0.6) is 0 Å². The van der Waals surface area contributed by atoms with Gasteiger partial charge < -0.3 is 0 Å². The zero-order chi connectivity index (χ0) is 9.80. The molecule has 1 aromatic carbocycles. The molecule has 1 aromatic rings. The van der Waals surface area contributed by atoms with Gasteiger partial charge in [-0.1, -0.05) is 24.3 Å². The van der Waals surface area contributed by atoms with Crippen LogP contribution in [0.15, 0.2) is 24.3 Å². The Morgan fingerprint density at radius 3 is 2.86 bits per heavy atom. The summed E-state index contributed by atoms with van der Waals surface area (Å²) in [5, 5.41) is 8.52. The fourth-order valence-electron chi connectivity index (χ4n) is 1.95. The largest absolute Gasteiger partial charge is 0.298 e. The van der Waals surface area contributed by atoms with Crippen LogP contribution in [-0.4, -0.2) is 18.0 Å². The van der Waals surface area contributed by atoms with E-state index in [4.69, 9.17) is 5.26 Å². The van der Waals surface area contributed by atoms with Crippen LogP contribution in [0, 0.1) is 11.3 Å². The minimum atomic E-state index is 0.641. The van der Waals surface area contributed by atoms with E-state index in [1.165, 1.54) is 11.1 Å². The Morgan fingerprint density at radius 1 is 1.29 bits per heavy atom. The first-order valence-electron chi connectivity index (χ1n) is 5.06. The number of benzene rings is 1. The summed E-state index contributed by atoms with van der Waals surface area (Å²) in [6.45, 7) is 3.02. The normalized spacial score (nSPS) is 15.9. The molecule has 0 N–H and O–H groups in total. The first-order chi connectivity index (χ1) is 6.90.